The number of nitrogens with one attached hydrogen (secondary N) is 2. The van der Waals surface area contributed by atoms with Gasteiger partial charge in [-0.1, -0.05) is 11.6 Å². The number of hydrogen-bond donors (Lipinski definition) is 2. The number of amides is 2. The number of rotatable bonds is 6. The largest absolute Gasteiger partial charge is 0.486 e. The molecule has 2 amide bonds. The lowest BCUT2D eigenvalue weighted by Gasteiger charge is -2.20. The summed E-state index contributed by atoms with van der Waals surface area (Å²) in [6.45, 7) is 1.62. The molecule has 27 heavy (non-hydrogen) atoms. The molecular formula is C21H26N2O4. The maximum Gasteiger partial charge on any atom is 0.240 e. The van der Waals surface area contributed by atoms with Gasteiger partial charge in [0.15, 0.2) is 11.5 Å². The van der Waals surface area contributed by atoms with Crippen LogP contribution in [0.15, 0.2) is 29.8 Å². The monoisotopic (exact) mass is 370 g/mol. The van der Waals surface area contributed by atoms with Crippen LogP contribution >= 0.6 is 0 Å². The van der Waals surface area contributed by atoms with Gasteiger partial charge in [0, 0.05) is 18.3 Å². The SMILES string of the molecule is O=C(NCCC1=CCCCC1)C1(C(=O)Nc2ccc3c(c2)OCCO3)CC1. The molecule has 3 aliphatic rings. The molecule has 6 nitrogen and oxygen atoms in total. The highest BCUT2D eigenvalue weighted by Gasteiger charge is 2.56. The number of benzene rings is 1. The average molecular weight is 370 g/mol. The Hall–Kier alpha value is -2.50. The zero-order chi connectivity index (χ0) is 18.7. The summed E-state index contributed by atoms with van der Waals surface area (Å²) >= 11 is 0. The van der Waals surface area contributed by atoms with Gasteiger partial charge in [0.2, 0.25) is 11.8 Å². The molecule has 144 valence electrons. The minimum atomic E-state index is -0.922. The molecule has 1 aromatic rings. The Morgan fingerprint density at radius 2 is 1.85 bits per heavy atom. The van der Waals surface area contributed by atoms with E-state index in [0.29, 0.717) is 49.8 Å². The fraction of sp³-hybridized carbons (Fsp3) is 0.524. The van der Waals surface area contributed by atoms with Crippen molar-refractivity contribution in [3.63, 3.8) is 0 Å². The van der Waals surface area contributed by atoms with E-state index in [4.69, 9.17) is 9.47 Å². The molecule has 0 unspecified atom stereocenters. The van der Waals surface area contributed by atoms with E-state index in [9.17, 15) is 9.59 Å². The molecule has 0 bridgehead atoms. The van der Waals surface area contributed by atoms with Gasteiger partial charge < -0.3 is 20.1 Å². The quantitative estimate of drug-likeness (QED) is 0.596. The highest BCUT2D eigenvalue weighted by atomic mass is 16.6. The topological polar surface area (TPSA) is 76.7 Å². The van der Waals surface area contributed by atoms with E-state index in [1.165, 1.54) is 18.4 Å². The van der Waals surface area contributed by atoms with Gasteiger partial charge in [0.05, 0.1) is 0 Å². The molecule has 1 fully saturated rings. The highest BCUT2D eigenvalue weighted by molar-refractivity contribution is 6.13. The van der Waals surface area contributed by atoms with E-state index in [1.54, 1.807) is 18.2 Å². The molecule has 0 atom stereocenters. The molecule has 0 saturated heterocycles. The van der Waals surface area contributed by atoms with Gasteiger partial charge in [-0.2, -0.15) is 0 Å². The fourth-order valence-electron chi connectivity index (χ4n) is 3.69. The minimum Gasteiger partial charge on any atom is -0.486 e. The first kappa shape index (κ1) is 17.9. The number of carbonyl (C=O) groups excluding carboxylic acids is 2. The summed E-state index contributed by atoms with van der Waals surface area (Å²) in [5.74, 6) is 0.895. The molecule has 1 aromatic carbocycles. The number of ether oxygens (including phenoxy) is 2. The second kappa shape index (κ2) is 7.62. The summed E-state index contributed by atoms with van der Waals surface area (Å²) in [5, 5.41) is 5.83. The van der Waals surface area contributed by atoms with Gasteiger partial charge in [-0.15, -0.1) is 0 Å². The summed E-state index contributed by atoms with van der Waals surface area (Å²) in [4.78, 5) is 25.3. The lowest BCUT2D eigenvalue weighted by Crippen LogP contribution is -2.40. The zero-order valence-corrected chi connectivity index (χ0v) is 15.5. The molecule has 0 aromatic heterocycles. The first-order chi connectivity index (χ1) is 13.2. The van der Waals surface area contributed by atoms with Gasteiger partial charge in [-0.05, 0) is 57.1 Å². The van der Waals surface area contributed by atoms with Crippen molar-refractivity contribution in [3.8, 4) is 11.5 Å². The summed E-state index contributed by atoms with van der Waals surface area (Å²) in [5.41, 5.74) is 1.12. The van der Waals surface area contributed by atoms with E-state index >= 15 is 0 Å². The van der Waals surface area contributed by atoms with Crippen molar-refractivity contribution in [2.45, 2.75) is 44.9 Å². The molecule has 0 spiro atoms. The fourth-order valence-corrected chi connectivity index (χ4v) is 3.69. The van der Waals surface area contributed by atoms with Crippen molar-refractivity contribution in [2.75, 3.05) is 25.1 Å². The molecule has 2 aliphatic carbocycles. The van der Waals surface area contributed by atoms with Crippen molar-refractivity contribution in [1.29, 1.82) is 0 Å². The highest BCUT2D eigenvalue weighted by Crippen LogP contribution is 2.47. The molecule has 4 rings (SSSR count). The van der Waals surface area contributed by atoms with Gasteiger partial charge in [-0.3, -0.25) is 9.59 Å². The Morgan fingerprint density at radius 3 is 2.59 bits per heavy atom. The van der Waals surface area contributed by atoms with Gasteiger partial charge >= 0.3 is 0 Å². The Labute approximate surface area is 159 Å². The first-order valence-corrected chi connectivity index (χ1v) is 9.85. The molecule has 2 N–H and O–H groups in total. The molecule has 1 aliphatic heterocycles. The van der Waals surface area contributed by atoms with Crippen LogP contribution in [0.1, 0.15) is 44.9 Å². The van der Waals surface area contributed by atoms with E-state index in [0.717, 1.165) is 19.3 Å². The zero-order valence-electron chi connectivity index (χ0n) is 15.5. The molecular weight excluding hydrogens is 344 g/mol. The second-order valence-corrected chi connectivity index (χ2v) is 7.51. The van der Waals surface area contributed by atoms with Crippen LogP contribution < -0.4 is 20.1 Å². The van der Waals surface area contributed by atoms with Crippen molar-refractivity contribution in [1.82, 2.24) is 5.32 Å². The minimum absolute atomic E-state index is 0.158. The van der Waals surface area contributed by atoms with Gasteiger partial charge in [0.1, 0.15) is 18.6 Å². The maximum absolute atomic E-state index is 12.7. The predicted octanol–water partition coefficient (Wildman–Crippen LogP) is 3.18. The van der Waals surface area contributed by atoms with E-state index < -0.39 is 5.41 Å². The van der Waals surface area contributed by atoms with Crippen molar-refractivity contribution >= 4 is 17.5 Å². The Kier molecular flexibility index (Phi) is 5.05. The van der Waals surface area contributed by atoms with E-state index in [-0.39, 0.29) is 11.8 Å². The van der Waals surface area contributed by atoms with Crippen LogP contribution in [0.5, 0.6) is 11.5 Å². The number of hydrogen-bond acceptors (Lipinski definition) is 4. The first-order valence-electron chi connectivity index (χ1n) is 9.85. The van der Waals surface area contributed by atoms with Gasteiger partial charge in [0.25, 0.3) is 0 Å². The van der Waals surface area contributed by atoms with E-state index in [1.807, 2.05) is 0 Å². The lowest BCUT2D eigenvalue weighted by atomic mass is 9.97. The third-order valence-electron chi connectivity index (χ3n) is 5.54. The van der Waals surface area contributed by atoms with Crippen LogP contribution in [-0.2, 0) is 9.59 Å². The third kappa shape index (κ3) is 3.94. The number of fused-ring (bicyclic) bond motifs is 1. The summed E-state index contributed by atoms with van der Waals surface area (Å²) in [7, 11) is 0. The Balaban J connectivity index is 1.32. The van der Waals surface area contributed by atoms with Crippen molar-refractivity contribution in [3.05, 3.63) is 29.8 Å². The Morgan fingerprint density at radius 1 is 1.04 bits per heavy atom. The lowest BCUT2D eigenvalue weighted by molar-refractivity contribution is -0.134. The molecule has 1 saturated carbocycles. The molecule has 1 heterocycles. The average Bonchev–Trinajstić information content (AvgIpc) is 3.51. The van der Waals surface area contributed by atoms with E-state index in [2.05, 4.69) is 16.7 Å². The second-order valence-electron chi connectivity index (χ2n) is 7.51. The predicted molar refractivity (Wildman–Crippen MR) is 102 cm³/mol. The number of allylic oxidation sites excluding steroid dienone is 1. The molecule has 6 heteroatoms. The molecule has 0 radical (unpaired) electrons. The number of anilines is 1. The smallest absolute Gasteiger partial charge is 0.240 e. The van der Waals surface area contributed by atoms with Crippen molar-refractivity contribution in [2.24, 2.45) is 5.41 Å². The summed E-state index contributed by atoms with van der Waals surface area (Å²) in [6, 6.07) is 5.30. The van der Waals surface area contributed by atoms with Crippen LogP contribution in [0, 0.1) is 5.41 Å². The van der Waals surface area contributed by atoms with Crippen LogP contribution in [-0.4, -0.2) is 31.6 Å². The van der Waals surface area contributed by atoms with Crippen LogP contribution in [0.25, 0.3) is 0 Å². The van der Waals surface area contributed by atoms with Crippen LogP contribution in [0.3, 0.4) is 0 Å². The van der Waals surface area contributed by atoms with Gasteiger partial charge in [-0.25, -0.2) is 0 Å². The van der Waals surface area contributed by atoms with Crippen molar-refractivity contribution < 1.29 is 19.1 Å². The third-order valence-corrected chi connectivity index (χ3v) is 5.54. The maximum atomic E-state index is 12.7. The summed E-state index contributed by atoms with van der Waals surface area (Å²) in [6.07, 6.45) is 9.13. The standard InChI is InChI=1S/C21H26N2O4/c24-19(22-11-8-15-4-2-1-3-5-15)21(9-10-21)20(25)23-16-6-7-17-18(14-16)27-13-12-26-17/h4,6-7,14H,1-3,5,8-13H2,(H,22,24)(H,23,25). The normalized spacial score (nSPS) is 19.6. The Bertz CT molecular complexity index is 767. The van der Waals surface area contributed by atoms with Crippen LogP contribution in [0.4, 0.5) is 5.69 Å². The van der Waals surface area contributed by atoms with Crippen LogP contribution in [0.2, 0.25) is 0 Å². The summed E-state index contributed by atoms with van der Waals surface area (Å²) < 4.78 is 11.0. The number of carbonyl (C=O) groups is 2.